The van der Waals surface area contributed by atoms with Crippen molar-refractivity contribution in [2.45, 2.75) is 25.3 Å². The van der Waals surface area contributed by atoms with Crippen molar-refractivity contribution >= 4 is 27.5 Å². The molecule has 1 rings (SSSR count). The van der Waals surface area contributed by atoms with Crippen molar-refractivity contribution < 1.29 is 4.74 Å². The molecule has 0 N–H and O–H groups in total. The minimum absolute atomic E-state index is 0.224. The van der Waals surface area contributed by atoms with Gasteiger partial charge in [-0.25, -0.2) is 0 Å². The van der Waals surface area contributed by atoms with Gasteiger partial charge in [0.15, 0.2) is 0 Å². The van der Waals surface area contributed by atoms with Crippen LogP contribution in [0.15, 0.2) is 22.7 Å². The van der Waals surface area contributed by atoms with E-state index in [0.717, 1.165) is 29.7 Å². The molecule has 1 atom stereocenters. The molecule has 0 bridgehead atoms. The molecule has 0 aromatic heterocycles. The number of hydrogen-bond acceptors (Lipinski definition) is 2. The van der Waals surface area contributed by atoms with E-state index in [9.17, 15) is 0 Å². The van der Waals surface area contributed by atoms with E-state index in [4.69, 9.17) is 16.3 Å². The van der Waals surface area contributed by atoms with Gasteiger partial charge in [-0.15, -0.1) is 11.6 Å². The third-order valence-corrected chi connectivity index (χ3v) is 3.30. The monoisotopic (exact) mass is 319 g/mol. The summed E-state index contributed by atoms with van der Waals surface area (Å²) in [7, 11) is 3.80. The molecule has 1 aromatic carbocycles. The summed E-state index contributed by atoms with van der Waals surface area (Å²) in [4.78, 5) is 2.25. The van der Waals surface area contributed by atoms with Crippen molar-refractivity contribution in [3.8, 4) is 5.75 Å². The summed E-state index contributed by atoms with van der Waals surface area (Å²) < 4.78 is 6.43. The summed E-state index contributed by atoms with van der Waals surface area (Å²) in [5.41, 5.74) is 1.19. The lowest BCUT2D eigenvalue weighted by atomic mass is 10.2. The maximum absolute atomic E-state index is 5.95. The van der Waals surface area contributed by atoms with Gasteiger partial charge in [0.1, 0.15) is 5.75 Å². The predicted molar refractivity (Wildman–Crippen MR) is 77.0 cm³/mol. The molecule has 0 saturated heterocycles. The summed E-state index contributed by atoms with van der Waals surface area (Å²) in [6.07, 6.45) is 0.994. The van der Waals surface area contributed by atoms with Gasteiger partial charge in [0, 0.05) is 22.0 Å². The molecule has 1 aromatic rings. The highest BCUT2D eigenvalue weighted by molar-refractivity contribution is 9.10. The first-order valence-electron chi connectivity index (χ1n) is 5.68. The Bertz CT molecular complexity index is 357. The summed E-state index contributed by atoms with van der Waals surface area (Å²) in [6, 6.07) is 6.07. The fourth-order valence-electron chi connectivity index (χ4n) is 1.64. The Morgan fingerprint density at radius 2 is 2.18 bits per heavy atom. The summed E-state index contributed by atoms with van der Waals surface area (Å²) in [5.74, 6) is 0.930. The van der Waals surface area contributed by atoms with Crippen molar-refractivity contribution in [1.29, 1.82) is 0 Å². The van der Waals surface area contributed by atoms with Crippen molar-refractivity contribution in [2.75, 3.05) is 20.7 Å². The first-order chi connectivity index (χ1) is 8.02. The van der Waals surface area contributed by atoms with Gasteiger partial charge >= 0.3 is 0 Å². The molecule has 0 aliphatic heterocycles. The lowest BCUT2D eigenvalue weighted by molar-refractivity contribution is 0.313. The maximum atomic E-state index is 5.95. The van der Waals surface area contributed by atoms with E-state index in [0.29, 0.717) is 0 Å². The van der Waals surface area contributed by atoms with E-state index in [1.807, 2.05) is 19.1 Å². The first kappa shape index (κ1) is 14.8. The highest BCUT2D eigenvalue weighted by atomic mass is 79.9. The molecular weight excluding hydrogens is 302 g/mol. The van der Waals surface area contributed by atoms with E-state index in [-0.39, 0.29) is 5.38 Å². The molecule has 0 aliphatic carbocycles. The van der Waals surface area contributed by atoms with E-state index < -0.39 is 0 Å². The Morgan fingerprint density at radius 3 is 2.76 bits per heavy atom. The molecule has 1 unspecified atom stereocenters. The quantitative estimate of drug-likeness (QED) is 0.737. The summed E-state index contributed by atoms with van der Waals surface area (Å²) in [6.45, 7) is 3.88. The molecule has 0 heterocycles. The van der Waals surface area contributed by atoms with Gasteiger partial charge in [-0.3, -0.25) is 0 Å². The van der Waals surface area contributed by atoms with Gasteiger partial charge in [-0.05, 0) is 45.1 Å². The van der Waals surface area contributed by atoms with Crippen molar-refractivity contribution in [2.24, 2.45) is 0 Å². The Kier molecular flexibility index (Phi) is 6.31. The lowest BCUT2D eigenvalue weighted by Crippen LogP contribution is -2.21. The normalized spacial score (nSPS) is 12.8. The topological polar surface area (TPSA) is 12.5 Å². The average Bonchev–Trinajstić information content (AvgIpc) is 2.27. The number of alkyl halides is 1. The van der Waals surface area contributed by atoms with Crippen molar-refractivity contribution in [3.05, 3.63) is 28.2 Å². The number of ether oxygens (including phenoxy) is 1. The SMILES string of the molecule is COc1ccc(Br)cc1CN(C)CCC(C)Cl. The zero-order chi connectivity index (χ0) is 12.8. The Morgan fingerprint density at radius 1 is 1.47 bits per heavy atom. The number of benzene rings is 1. The minimum Gasteiger partial charge on any atom is -0.496 e. The molecule has 2 nitrogen and oxygen atoms in total. The van der Waals surface area contributed by atoms with Gasteiger partial charge in [-0.2, -0.15) is 0 Å². The molecule has 0 aliphatic rings. The molecule has 17 heavy (non-hydrogen) atoms. The summed E-state index contributed by atoms with van der Waals surface area (Å²) in [5, 5.41) is 0.224. The van der Waals surface area contributed by atoms with E-state index in [1.165, 1.54) is 5.56 Å². The van der Waals surface area contributed by atoms with Crippen LogP contribution in [-0.4, -0.2) is 31.0 Å². The zero-order valence-electron chi connectivity index (χ0n) is 10.5. The van der Waals surface area contributed by atoms with Crippen LogP contribution < -0.4 is 4.74 Å². The molecule has 0 spiro atoms. The van der Waals surface area contributed by atoms with E-state index in [1.54, 1.807) is 7.11 Å². The highest BCUT2D eigenvalue weighted by Crippen LogP contribution is 2.24. The Hall–Kier alpha value is -0.250. The molecule has 0 fully saturated rings. The van der Waals surface area contributed by atoms with Crippen LogP contribution in [-0.2, 0) is 6.54 Å². The van der Waals surface area contributed by atoms with Gasteiger partial charge < -0.3 is 9.64 Å². The third-order valence-electron chi connectivity index (χ3n) is 2.59. The fraction of sp³-hybridized carbons (Fsp3) is 0.538. The number of methoxy groups -OCH3 is 1. The lowest BCUT2D eigenvalue weighted by Gasteiger charge is -2.19. The Balaban J connectivity index is 2.63. The van der Waals surface area contributed by atoms with E-state index in [2.05, 4.69) is 33.9 Å². The molecule has 0 radical (unpaired) electrons. The van der Waals surface area contributed by atoms with Gasteiger partial charge in [-0.1, -0.05) is 15.9 Å². The average molecular weight is 321 g/mol. The number of rotatable bonds is 6. The molecule has 96 valence electrons. The number of nitrogens with zero attached hydrogens (tertiary/aromatic N) is 1. The van der Waals surface area contributed by atoms with Crippen molar-refractivity contribution in [3.63, 3.8) is 0 Å². The minimum atomic E-state index is 0.224. The molecular formula is C13H19BrClNO. The van der Waals surface area contributed by atoms with Crippen LogP contribution in [0.2, 0.25) is 0 Å². The maximum Gasteiger partial charge on any atom is 0.123 e. The second-order valence-corrected chi connectivity index (χ2v) is 5.92. The van der Waals surface area contributed by atoms with Crippen LogP contribution >= 0.6 is 27.5 Å². The number of hydrogen-bond donors (Lipinski definition) is 0. The zero-order valence-corrected chi connectivity index (χ0v) is 12.9. The van der Waals surface area contributed by atoms with Crippen LogP contribution in [0, 0.1) is 0 Å². The van der Waals surface area contributed by atoms with Crippen LogP contribution in [0.5, 0.6) is 5.75 Å². The van der Waals surface area contributed by atoms with E-state index >= 15 is 0 Å². The molecule has 0 amide bonds. The number of halogens is 2. The smallest absolute Gasteiger partial charge is 0.123 e. The van der Waals surface area contributed by atoms with Crippen LogP contribution in [0.3, 0.4) is 0 Å². The van der Waals surface area contributed by atoms with Crippen LogP contribution in [0.25, 0.3) is 0 Å². The van der Waals surface area contributed by atoms with Crippen molar-refractivity contribution in [1.82, 2.24) is 4.90 Å². The van der Waals surface area contributed by atoms with Gasteiger partial charge in [0.05, 0.1) is 7.11 Å². The second kappa shape index (κ2) is 7.24. The fourth-order valence-corrected chi connectivity index (χ4v) is 2.14. The second-order valence-electron chi connectivity index (χ2n) is 4.26. The molecule has 0 saturated carbocycles. The molecule has 4 heteroatoms. The predicted octanol–water partition coefficient (Wildman–Crippen LogP) is 3.91. The summed E-state index contributed by atoms with van der Waals surface area (Å²) >= 11 is 9.43. The largest absolute Gasteiger partial charge is 0.496 e. The van der Waals surface area contributed by atoms with Crippen LogP contribution in [0.4, 0.5) is 0 Å². The first-order valence-corrected chi connectivity index (χ1v) is 6.91. The van der Waals surface area contributed by atoms with Gasteiger partial charge in [0.25, 0.3) is 0 Å². The Labute approximate surface area is 117 Å². The highest BCUT2D eigenvalue weighted by Gasteiger charge is 2.08. The third kappa shape index (κ3) is 5.28. The van der Waals surface area contributed by atoms with Gasteiger partial charge in [0.2, 0.25) is 0 Å². The van der Waals surface area contributed by atoms with Crippen LogP contribution in [0.1, 0.15) is 18.9 Å². The standard InChI is InChI=1S/C13H19BrClNO/c1-10(15)6-7-16(2)9-11-8-12(14)4-5-13(11)17-3/h4-5,8,10H,6-7,9H2,1-3H3.